The molecule has 146 valence electrons. The van der Waals surface area contributed by atoms with Crippen LogP contribution in [0, 0.1) is 0 Å². The summed E-state index contributed by atoms with van der Waals surface area (Å²) in [7, 11) is -2.45. The van der Waals surface area contributed by atoms with Gasteiger partial charge in [-0.2, -0.15) is 0 Å². The Kier molecular flexibility index (Phi) is 5.92. The Morgan fingerprint density at radius 2 is 1.48 bits per heavy atom. The van der Waals surface area contributed by atoms with Crippen molar-refractivity contribution in [1.82, 2.24) is 0 Å². The zero-order valence-corrected chi connectivity index (χ0v) is 18.2. The molecule has 0 radical (unpaired) electrons. The molecular weight excluding hydrogens is 352 g/mol. The average molecular weight is 385 g/mol. The Hall–Kier alpha value is -1.46. The Bertz CT molecular complexity index is 683. The van der Waals surface area contributed by atoms with E-state index in [0.29, 0.717) is 13.2 Å². The van der Waals surface area contributed by atoms with E-state index < -0.39 is 14.1 Å². The minimum Gasteiger partial charge on any atom is -0.407 e. The van der Waals surface area contributed by atoms with Crippen molar-refractivity contribution in [2.24, 2.45) is 0 Å². The smallest absolute Gasteiger partial charge is 0.261 e. The first-order valence-corrected chi connectivity index (χ1v) is 11.7. The third-order valence-corrected chi connectivity index (χ3v) is 10.3. The van der Waals surface area contributed by atoms with E-state index in [1.807, 2.05) is 13.8 Å². The van der Waals surface area contributed by atoms with Gasteiger partial charge in [-0.1, -0.05) is 81.4 Å². The molecule has 0 aromatic heterocycles. The van der Waals surface area contributed by atoms with Crippen molar-refractivity contribution in [3.63, 3.8) is 0 Å². The first-order valence-electron chi connectivity index (χ1n) is 9.81. The molecule has 1 heterocycles. The fourth-order valence-corrected chi connectivity index (χ4v) is 8.59. The second-order valence-corrected chi connectivity index (χ2v) is 13.1. The highest BCUT2D eigenvalue weighted by molar-refractivity contribution is 6.99. The maximum absolute atomic E-state index is 6.90. The summed E-state index contributed by atoms with van der Waals surface area (Å²) in [4.78, 5) is 0. The van der Waals surface area contributed by atoms with Gasteiger partial charge in [-0.05, 0) is 35.7 Å². The lowest BCUT2D eigenvalue weighted by Crippen LogP contribution is -2.66. The highest BCUT2D eigenvalue weighted by Crippen LogP contribution is 2.37. The van der Waals surface area contributed by atoms with Crippen molar-refractivity contribution >= 4 is 18.7 Å². The van der Waals surface area contributed by atoms with Crippen LogP contribution in [-0.2, 0) is 13.9 Å². The van der Waals surface area contributed by atoms with Crippen LogP contribution in [0.2, 0.25) is 5.04 Å². The van der Waals surface area contributed by atoms with Gasteiger partial charge in [0.15, 0.2) is 5.79 Å². The first-order chi connectivity index (χ1) is 12.7. The van der Waals surface area contributed by atoms with Gasteiger partial charge >= 0.3 is 0 Å². The number of hydrogen-bond acceptors (Lipinski definition) is 3. The van der Waals surface area contributed by atoms with Crippen LogP contribution in [0.5, 0.6) is 0 Å². The molecule has 1 fully saturated rings. The molecule has 0 bridgehead atoms. The summed E-state index contributed by atoms with van der Waals surface area (Å²) in [5.41, 5.74) is 0. The van der Waals surface area contributed by atoms with Crippen molar-refractivity contribution in [3.05, 3.63) is 60.7 Å². The molecule has 27 heavy (non-hydrogen) atoms. The predicted molar refractivity (Wildman–Crippen MR) is 113 cm³/mol. The van der Waals surface area contributed by atoms with Gasteiger partial charge in [-0.3, -0.25) is 0 Å². The summed E-state index contributed by atoms with van der Waals surface area (Å²) in [5, 5.41) is 2.63. The van der Waals surface area contributed by atoms with Crippen molar-refractivity contribution in [2.75, 3.05) is 13.2 Å². The minimum absolute atomic E-state index is 0.00199. The monoisotopic (exact) mass is 384 g/mol. The van der Waals surface area contributed by atoms with Crippen LogP contribution >= 0.6 is 0 Å². The van der Waals surface area contributed by atoms with E-state index in [-0.39, 0.29) is 11.1 Å². The summed E-state index contributed by atoms with van der Waals surface area (Å²) in [6, 6.07) is 21.5. The van der Waals surface area contributed by atoms with Crippen LogP contribution in [0.4, 0.5) is 0 Å². The van der Waals surface area contributed by atoms with E-state index in [2.05, 4.69) is 81.4 Å². The highest BCUT2D eigenvalue weighted by atomic mass is 28.4. The van der Waals surface area contributed by atoms with Crippen molar-refractivity contribution in [1.29, 1.82) is 0 Å². The SMILES string of the molecule is CC1(C)OCC(CCO[Si](c2ccccc2)(c2ccccc2)C(C)(C)C)O1. The van der Waals surface area contributed by atoms with Crippen molar-refractivity contribution in [3.8, 4) is 0 Å². The average Bonchev–Trinajstić information content (AvgIpc) is 2.98. The normalized spacial score (nSPS) is 20.0. The van der Waals surface area contributed by atoms with Crippen LogP contribution in [-0.4, -0.2) is 33.4 Å². The topological polar surface area (TPSA) is 27.7 Å². The quantitative estimate of drug-likeness (QED) is 0.702. The lowest BCUT2D eigenvalue weighted by molar-refractivity contribution is -0.139. The van der Waals surface area contributed by atoms with Gasteiger partial charge in [0.05, 0.1) is 12.7 Å². The maximum Gasteiger partial charge on any atom is 0.261 e. The molecule has 0 aliphatic carbocycles. The third kappa shape index (κ3) is 4.35. The molecule has 2 aromatic carbocycles. The van der Waals surface area contributed by atoms with E-state index in [4.69, 9.17) is 13.9 Å². The molecule has 3 nitrogen and oxygen atoms in total. The van der Waals surface area contributed by atoms with Gasteiger partial charge < -0.3 is 13.9 Å². The van der Waals surface area contributed by atoms with Gasteiger partial charge in [-0.25, -0.2) is 0 Å². The lowest BCUT2D eigenvalue weighted by atomic mass is 10.2. The number of benzene rings is 2. The van der Waals surface area contributed by atoms with Crippen LogP contribution in [0.25, 0.3) is 0 Å². The van der Waals surface area contributed by atoms with Crippen molar-refractivity contribution in [2.45, 2.75) is 58.0 Å². The van der Waals surface area contributed by atoms with Gasteiger partial charge in [0, 0.05) is 6.61 Å². The summed E-state index contributed by atoms with van der Waals surface area (Å²) < 4.78 is 18.6. The molecule has 0 spiro atoms. The molecule has 0 saturated carbocycles. The largest absolute Gasteiger partial charge is 0.407 e. The van der Waals surface area contributed by atoms with E-state index in [9.17, 15) is 0 Å². The molecular formula is C23H32O3Si. The molecule has 1 aliphatic rings. The second-order valence-electron chi connectivity index (χ2n) is 8.75. The van der Waals surface area contributed by atoms with E-state index in [0.717, 1.165) is 6.42 Å². The summed E-state index contributed by atoms with van der Waals surface area (Å²) in [6.07, 6.45) is 0.937. The van der Waals surface area contributed by atoms with Gasteiger partial charge in [0.25, 0.3) is 8.32 Å². The standard InChI is InChI=1S/C23H32O3Si/c1-22(2,3)27(20-12-8-6-9-13-20,21-14-10-7-11-15-21)25-17-16-19-18-24-23(4,5)26-19/h6-15,19H,16-18H2,1-5H3. The molecule has 1 aliphatic heterocycles. The molecule has 1 saturated heterocycles. The number of hydrogen-bond donors (Lipinski definition) is 0. The second kappa shape index (κ2) is 7.88. The van der Waals surface area contributed by atoms with Gasteiger partial charge in [0.2, 0.25) is 0 Å². The minimum atomic E-state index is -2.45. The van der Waals surface area contributed by atoms with Gasteiger partial charge in [-0.15, -0.1) is 0 Å². The maximum atomic E-state index is 6.90. The fourth-order valence-electron chi connectivity index (χ4n) is 4.01. The predicted octanol–water partition coefficient (Wildman–Crippen LogP) is 4.10. The van der Waals surface area contributed by atoms with Gasteiger partial charge in [0.1, 0.15) is 0 Å². The van der Waals surface area contributed by atoms with E-state index in [1.54, 1.807) is 0 Å². The van der Waals surface area contributed by atoms with E-state index in [1.165, 1.54) is 10.4 Å². The van der Waals surface area contributed by atoms with Crippen LogP contribution in [0.1, 0.15) is 41.0 Å². The Morgan fingerprint density at radius 1 is 0.963 bits per heavy atom. The lowest BCUT2D eigenvalue weighted by Gasteiger charge is -2.43. The zero-order chi connectivity index (χ0) is 19.5. The van der Waals surface area contributed by atoms with Crippen molar-refractivity contribution < 1.29 is 13.9 Å². The molecule has 3 rings (SSSR count). The zero-order valence-electron chi connectivity index (χ0n) is 17.2. The summed E-state index contributed by atoms with van der Waals surface area (Å²) >= 11 is 0. The third-order valence-electron chi connectivity index (χ3n) is 5.24. The highest BCUT2D eigenvalue weighted by Gasteiger charge is 2.50. The Balaban J connectivity index is 1.90. The molecule has 1 unspecified atom stereocenters. The molecule has 1 atom stereocenters. The molecule has 4 heteroatoms. The Labute approximate surface area is 164 Å². The molecule has 2 aromatic rings. The van der Waals surface area contributed by atoms with E-state index >= 15 is 0 Å². The molecule has 0 amide bonds. The van der Waals surface area contributed by atoms with Crippen LogP contribution in [0.3, 0.4) is 0 Å². The summed E-state index contributed by atoms with van der Waals surface area (Å²) in [5.74, 6) is -0.484. The van der Waals surface area contributed by atoms with Crippen LogP contribution < -0.4 is 10.4 Å². The fraction of sp³-hybridized carbons (Fsp3) is 0.478. The first kappa shape index (κ1) is 20.3. The molecule has 0 N–H and O–H groups in total. The number of rotatable bonds is 6. The number of ether oxygens (including phenoxy) is 2. The Morgan fingerprint density at radius 3 is 1.89 bits per heavy atom. The summed E-state index contributed by atoms with van der Waals surface area (Å²) in [6.45, 7) is 12.1. The van der Waals surface area contributed by atoms with Crippen LogP contribution in [0.15, 0.2) is 60.7 Å².